The molecule has 3 nitrogen and oxygen atoms in total. The Bertz CT molecular complexity index is 343. The third-order valence-electron chi connectivity index (χ3n) is 2.85. The van der Waals surface area contributed by atoms with E-state index in [9.17, 15) is 4.79 Å². The van der Waals surface area contributed by atoms with Crippen molar-refractivity contribution in [2.24, 2.45) is 5.73 Å². The normalized spacial score (nSPS) is 14.4. The lowest BCUT2D eigenvalue weighted by molar-refractivity contribution is -0.137. The van der Waals surface area contributed by atoms with Crippen LogP contribution in [-0.4, -0.2) is 17.1 Å². The molecule has 1 aromatic rings. The van der Waals surface area contributed by atoms with Gasteiger partial charge in [-0.15, -0.1) is 0 Å². The molecule has 0 amide bonds. The second-order valence-electron chi connectivity index (χ2n) is 4.16. The SMILES string of the molecule is CCc1ccc(C(CC(=O)O)C(C)N)cc1. The first-order valence-electron chi connectivity index (χ1n) is 5.60. The molecular formula is C13H19NO2. The molecule has 0 aliphatic rings. The number of rotatable bonds is 5. The third kappa shape index (κ3) is 3.35. The third-order valence-corrected chi connectivity index (χ3v) is 2.85. The highest BCUT2D eigenvalue weighted by Gasteiger charge is 2.19. The molecule has 0 bridgehead atoms. The van der Waals surface area contributed by atoms with Gasteiger partial charge in [0.15, 0.2) is 0 Å². The zero-order valence-corrected chi connectivity index (χ0v) is 9.81. The minimum atomic E-state index is -0.804. The van der Waals surface area contributed by atoms with Crippen molar-refractivity contribution in [2.75, 3.05) is 0 Å². The predicted octanol–water partition coefficient (Wildman–Crippen LogP) is 2.15. The lowest BCUT2D eigenvalue weighted by Gasteiger charge is -2.19. The second kappa shape index (κ2) is 5.66. The molecule has 88 valence electrons. The van der Waals surface area contributed by atoms with Crippen LogP contribution in [0.15, 0.2) is 24.3 Å². The van der Waals surface area contributed by atoms with E-state index in [1.807, 2.05) is 31.2 Å². The Morgan fingerprint density at radius 1 is 1.38 bits per heavy atom. The van der Waals surface area contributed by atoms with Crippen LogP contribution < -0.4 is 5.73 Å². The maximum Gasteiger partial charge on any atom is 0.304 e. The molecule has 1 rings (SSSR count). The van der Waals surface area contributed by atoms with E-state index < -0.39 is 5.97 Å². The van der Waals surface area contributed by atoms with E-state index in [4.69, 9.17) is 10.8 Å². The van der Waals surface area contributed by atoms with Gasteiger partial charge in [-0.2, -0.15) is 0 Å². The first-order chi connectivity index (χ1) is 7.54. The lowest BCUT2D eigenvalue weighted by Crippen LogP contribution is -2.26. The summed E-state index contributed by atoms with van der Waals surface area (Å²) in [6.45, 7) is 3.94. The Balaban J connectivity index is 2.88. The molecule has 0 radical (unpaired) electrons. The summed E-state index contributed by atoms with van der Waals surface area (Å²) in [4.78, 5) is 10.8. The zero-order chi connectivity index (χ0) is 12.1. The van der Waals surface area contributed by atoms with Crippen LogP contribution in [0.25, 0.3) is 0 Å². The lowest BCUT2D eigenvalue weighted by atomic mass is 9.89. The fourth-order valence-corrected chi connectivity index (χ4v) is 1.80. The van der Waals surface area contributed by atoms with E-state index >= 15 is 0 Å². The van der Waals surface area contributed by atoms with Crippen LogP contribution in [0.1, 0.15) is 37.3 Å². The van der Waals surface area contributed by atoms with Crippen molar-refractivity contribution in [3.8, 4) is 0 Å². The summed E-state index contributed by atoms with van der Waals surface area (Å²) in [5.41, 5.74) is 8.09. The highest BCUT2D eigenvalue weighted by Crippen LogP contribution is 2.23. The summed E-state index contributed by atoms with van der Waals surface area (Å²) >= 11 is 0. The summed E-state index contributed by atoms with van der Waals surface area (Å²) in [5, 5.41) is 8.84. The second-order valence-corrected chi connectivity index (χ2v) is 4.16. The van der Waals surface area contributed by atoms with Crippen LogP contribution in [0.3, 0.4) is 0 Å². The van der Waals surface area contributed by atoms with Gasteiger partial charge in [0, 0.05) is 12.0 Å². The number of hydrogen-bond donors (Lipinski definition) is 2. The van der Waals surface area contributed by atoms with E-state index in [1.165, 1.54) is 5.56 Å². The molecule has 2 unspecified atom stereocenters. The molecule has 0 spiro atoms. The molecule has 1 aromatic carbocycles. The molecular weight excluding hydrogens is 202 g/mol. The topological polar surface area (TPSA) is 63.3 Å². The minimum absolute atomic E-state index is 0.0864. The number of aliphatic carboxylic acids is 1. The van der Waals surface area contributed by atoms with Gasteiger partial charge >= 0.3 is 5.97 Å². The number of carbonyl (C=O) groups is 1. The van der Waals surface area contributed by atoms with Crippen molar-refractivity contribution >= 4 is 5.97 Å². The van der Waals surface area contributed by atoms with Crippen molar-refractivity contribution in [1.82, 2.24) is 0 Å². The quantitative estimate of drug-likeness (QED) is 0.800. The standard InChI is InChI=1S/C13H19NO2/c1-3-10-4-6-11(7-5-10)12(9(2)14)8-13(15)16/h4-7,9,12H,3,8,14H2,1-2H3,(H,15,16). The first kappa shape index (κ1) is 12.7. The highest BCUT2D eigenvalue weighted by atomic mass is 16.4. The Morgan fingerprint density at radius 3 is 2.31 bits per heavy atom. The fourth-order valence-electron chi connectivity index (χ4n) is 1.80. The van der Waals surface area contributed by atoms with Gasteiger partial charge in [0.2, 0.25) is 0 Å². The van der Waals surface area contributed by atoms with E-state index in [0.717, 1.165) is 12.0 Å². The predicted molar refractivity (Wildman–Crippen MR) is 64.5 cm³/mol. The number of benzene rings is 1. The Labute approximate surface area is 96.3 Å². The first-order valence-corrected chi connectivity index (χ1v) is 5.60. The van der Waals surface area contributed by atoms with E-state index in [2.05, 4.69) is 6.92 Å². The number of aryl methyl sites for hydroxylation is 1. The maximum atomic E-state index is 10.8. The molecule has 2 atom stereocenters. The summed E-state index contributed by atoms with van der Waals surface area (Å²) in [5.74, 6) is -0.912. The molecule has 3 N–H and O–H groups in total. The Hall–Kier alpha value is -1.35. The highest BCUT2D eigenvalue weighted by molar-refractivity contribution is 5.68. The molecule has 0 heterocycles. The van der Waals surface area contributed by atoms with Crippen LogP contribution in [0.2, 0.25) is 0 Å². The van der Waals surface area contributed by atoms with Gasteiger partial charge < -0.3 is 10.8 Å². The number of carboxylic acids is 1. The van der Waals surface area contributed by atoms with Gasteiger partial charge in [-0.3, -0.25) is 4.79 Å². The van der Waals surface area contributed by atoms with Crippen LogP contribution >= 0.6 is 0 Å². The monoisotopic (exact) mass is 221 g/mol. The van der Waals surface area contributed by atoms with E-state index in [-0.39, 0.29) is 18.4 Å². The average molecular weight is 221 g/mol. The van der Waals surface area contributed by atoms with Crippen molar-refractivity contribution in [2.45, 2.75) is 38.6 Å². The summed E-state index contributed by atoms with van der Waals surface area (Å²) < 4.78 is 0. The van der Waals surface area contributed by atoms with Crippen molar-refractivity contribution in [1.29, 1.82) is 0 Å². The molecule has 16 heavy (non-hydrogen) atoms. The van der Waals surface area contributed by atoms with Crippen molar-refractivity contribution in [3.05, 3.63) is 35.4 Å². The molecule has 0 aliphatic carbocycles. The molecule has 0 saturated carbocycles. The molecule has 3 heteroatoms. The number of hydrogen-bond acceptors (Lipinski definition) is 2. The summed E-state index contributed by atoms with van der Waals surface area (Å²) in [6, 6.07) is 7.88. The molecule has 0 saturated heterocycles. The van der Waals surface area contributed by atoms with Crippen LogP contribution in [-0.2, 0) is 11.2 Å². The number of carboxylic acid groups (broad SMARTS) is 1. The molecule has 0 aromatic heterocycles. The van der Waals surface area contributed by atoms with Gasteiger partial charge in [-0.05, 0) is 24.5 Å². The average Bonchev–Trinajstić information content (AvgIpc) is 2.25. The van der Waals surface area contributed by atoms with Gasteiger partial charge in [0.25, 0.3) is 0 Å². The van der Waals surface area contributed by atoms with Crippen LogP contribution in [0.4, 0.5) is 0 Å². The Morgan fingerprint density at radius 2 is 1.94 bits per heavy atom. The smallest absolute Gasteiger partial charge is 0.304 e. The van der Waals surface area contributed by atoms with E-state index in [0.29, 0.717) is 0 Å². The largest absolute Gasteiger partial charge is 0.481 e. The van der Waals surface area contributed by atoms with Gasteiger partial charge in [-0.1, -0.05) is 31.2 Å². The number of nitrogens with two attached hydrogens (primary N) is 1. The zero-order valence-electron chi connectivity index (χ0n) is 9.81. The fraction of sp³-hybridized carbons (Fsp3) is 0.462. The van der Waals surface area contributed by atoms with E-state index in [1.54, 1.807) is 0 Å². The summed E-state index contributed by atoms with van der Waals surface area (Å²) in [6.07, 6.45) is 1.07. The van der Waals surface area contributed by atoms with Gasteiger partial charge in [0.1, 0.15) is 0 Å². The Kier molecular flexibility index (Phi) is 4.50. The van der Waals surface area contributed by atoms with Crippen molar-refractivity contribution < 1.29 is 9.90 Å². The minimum Gasteiger partial charge on any atom is -0.481 e. The van der Waals surface area contributed by atoms with Gasteiger partial charge in [-0.25, -0.2) is 0 Å². The van der Waals surface area contributed by atoms with Crippen molar-refractivity contribution in [3.63, 3.8) is 0 Å². The van der Waals surface area contributed by atoms with Crippen LogP contribution in [0.5, 0.6) is 0 Å². The van der Waals surface area contributed by atoms with Gasteiger partial charge in [0.05, 0.1) is 6.42 Å². The maximum absolute atomic E-state index is 10.8. The molecule has 0 fully saturated rings. The van der Waals surface area contributed by atoms with Crippen LogP contribution in [0, 0.1) is 0 Å². The summed E-state index contributed by atoms with van der Waals surface area (Å²) in [7, 11) is 0. The molecule has 0 aliphatic heterocycles.